The van der Waals surface area contributed by atoms with E-state index in [0.29, 0.717) is 11.1 Å². The Hall–Kier alpha value is -4.07. The Balaban J connectivity index is 1.56. The molecule has 3 aromatic carbocycles. The van der Waals surface area contributed by atoms with Gasteiger partial charge in [0.05, 0.1) is 0 Å². The number of nitrogens with zero attached hydrogens (tertiary/aromatic N) is 3. The first-order valence-electron chi connectivity index (χ1n) is 11.1. The van der Waals surface area contributed by atoms with Crippen LogP contribution >= 0.6 is 0 Å². The lowest BCUT2D eigenvalue weighted by Crippen LogP contribution is -2.11. The van der Waals surface area contributed by atoms with E-state index < -0.39 is 11.6 Å². The van der Waals surface area contributed by atoms with Crippen molar-refractivity contribution in [2.75, 3.05) is 5.32 Å². The van der Waals surface area contributed by atoms with E-state index in [-0.39, 0.29) is 36.6 Å². The molecular weight excluding hydrogens is 450 g/mol. The van der Waals surface area contributed by atoms with Crippen LogP contribution in [0.15, 0.2) is 72.8 Å². The number of hydrogen-bond acceptors (Lipinski definition) is 6. The van der Waals surface area contributed by atoms with Crippen molar-refractivity contribution in [1.82, 2.24) is 15.0 Å². The molecule has 0 atom stereocenters. The SMILES string of the molecule is CC(C)(C)c1ccc(Nc2nc(OCc3ccccc3F)nc(OCc3ccccc3F)n2)cc1. The van der Waals surface area contributed by atoms with Crippen LogP contribution in [0.2, 0.25) is 0 Å². The fourth-order valence-electron chi connectivity index (χ4n) is 3.22. The van der Waals surface area contributed by atoms with E-state index in [4.69, 9.17) is 9.47 Å². The number of hydrogen-bond donors (Lipinski definition) is 1. The molecule has 0 saturated heterocycles. The largest absolute Gasteiger partial charge is 0.458 e. The van der Waals surface area contributed by atoms with Crippen molar-refractivity contribution in [3.05, 3.63) is 101 Å². The standard InChI is InChI=1S/C27H26F2N4O2/c1-27(2,3)20-12-14-21(15-13-20)30-24-31-25(34-16-18-8-4-6-10-22(18)28)33-26(32-24)35-17-19-9-5-7-11-23(19)29/h4-15H,16-17H2,1-3H3,(H,30,31,32,33). The Morgan fingerprint density at radius 2 is 1.17 bits per heavy atom. The molecule has 6 nitrogen and oxygen atoms in total. The molecule has 1 N–H and O–H groups in total. The van der Waals surface area contributed by atoms with Crippen molar-refractivity contribution in [2.24, 2.45) is 0 Å². The molecule has 35 heavy (non-hydrogen) atoms. The van der Waals surface area contributed by atoms with E-state index in [0.717, 1.165) is 5.69 Å². The number of anilines is 2. The smallest absolute Gasteiger partial charge is 0.324 e. The van der Waals surface area contributed by atoms with Crippen LogP contribution in [-0.4, -0.2) is 15.0 Å². The summed E-state index contributed by atoms with van der Waals surface area (Å²) in [7, 11) is 0. The molecule has 0 amide bonds. The lowest BCUT2D eigenvalue weighted by Gasteiger charge is -2.19. The maximum Gasteiger partial charge on any atom is 0.324 e. The van der Waals surface area contributed by atoms with E-state index in [9.17, 15) is 8.78 Å². The van der Waals surface area contributed by atoms with Crippen molar-refractivity contribution in [1.29, 1.82) is 0 Å². The molecule has 4 aromatic rings. The van der Waals surface area contributed by atoms with Crippen molar-refractivity contribution in [3.8, 4) is 12.0 Å². The molecule has 8 heteroatoms. The minimum atomic E-state index is -0.394. The highest BCUT2D eigenvalue weighted by molar-refractivity contribution is 5.54. The van der Waals surface area contributed by atoms with Gasteiger partial charge in [-0.15, -0.1) is 4.98 Å². The van der Waals surface area contributed by atoms with Crippen molar-refractivity contribution < 1.29 is 18.3 Å². The van der Waals surface area contributed by atoms with Gasteiger partial charge in [0.15, 0.2) is 0 Å². The van der Waals surface area contributed by atoms with Gasteiger partial charge >= 0.3 is 12.0 Å². The first-order chi connectivity index (χ1) is 16.8. The molecule has 1 aromatic heterocycles. The average Bonchev–Trinajstić information content (AvgIpc) is 2.83. The molecule has 0 saturated carbocycles. The number of rotatable bonds is 8. The van der Waals surface area contributed by atoms with Gasteiger partial charge < -0.3 is 14.8 Å². The third-order valence-corrected chi connectivity index (χ3v) is 5.23. The van der Waals surface area contributed by atoms with Crippen molar-refractivity contribution in [2.45, 2.75) is 39.4 Å². The molecule has 0 aliphatic carbocycles. The summed E-state index contributed by atoms with van der Waals surface area (Å²) in [6.07, 6.45) is 0. The predicted molar refractivity (Wildman–Crippen MR) is 130 cm³/mol. The van der Waals surface area contributed by atoms with Gasteiger partial charge in [0.2, 0.25) is 5.95 Å². The van der Waals surface area contributed by atoms with Gasteiger partial charge in [0, 0.05) is 16.8 Å². The molecule has 0 aliphatic rings. The fraction of sp³-hybridized carbons (Fsp3) is 0.222. The zero-order chi connectivity index (χ0) is 24.8. The molecule has 1 heterocycles. The lowest BCUT2D eigenvalue weighted by atomic mass is 9.87. The highest BCUT2D eigenvalue weighted by Gasteiger charge is 2.15. The summed E-state index contributed by atoms with van der Waals surface area (Å²) in [6.45, 7) is 6.26. The van der Waals surface area contributed by atoms with E-state index in [1.807, 2.05) is 24.3 Å². The van der Waals surface area contributed by atoms with Gasteiger partial charge in [-0.2, -0.15) is 9.97 Å². The summed E-state index contributed by atoms with van der Waals surface area (Å²) in [5, 5.41) is 3.11. The molecule has 4 rings (SSSR count). The van der Waals surface area contributed by atoms with E-state index in [1.165, 1.54) is 17.7 Å². The second-order valence-corrected chi connectivity index (χ2v) is 8.94. The van der Waals surface area contributed by atoms with Gasteiger partial charge in [-0.25, -0.2) is 8.78 Å². The first kappa shape index (κ1) is 24.1. The molecule has 0 aliphatic heterocycles. The highest BCUT2D eigenvalue weighted by Crippen LogP contribution is 2.25. The van der Waals surface area contributed by atoms with Crippen LogP contribution in [0.5, 0.6) is 12.0 Å². The highest BCUT2D eigenvalue weighted by atomic mass is 19.1. The van der Waals surface area contributed by atoms with Crippen LogP contribution in [-0.2, 0) is 18.6 Å². The van der Waals surface area contributed by atoms with Crippen molar-refractivity contribution in [3.63, 3.8) is 0 Å². The lowest BCUT2D eigenvalue weighted by molar-refractivity contribution is 0.246. The van der Waals surface area contributed by atoms with Crippen LogP contribution < -0.4 is 14.8 Å². The summed E-state index contributed by atoms with van der Waals surface area (Å²) in [4.78, 5) is 12.7. The maximum atomic E-state index is 14.0. The van der Waals surface area contributed by atoms with Gasteiger partial charge in [0.25, 0.3) is 0 Å². The zero-order valence-electron chi connectivity index (χ0n) is 19.8. The third kappa shape index (κ3) is 6.50. The second kappa shape index (κ2) is 10.5. The molecule has 0 radical (unpaired) electrons. The number of benzene rings is 3. The normalized spacial score (nSPS) is 11.2. The zero-order valence-corrected chi connectivity index (χ0v) is 19.8. The van der Waals surface area contributed by atoms with Crippen LogP contribution in [0.3, 0.4) is 0 Å². The summed E-state index contributed by atoms with van der Waals surface area (Å²) in [5.74, 6) is -0.611. The number of halogens is 2. The Morgan fingerprint density at radius 1 is 0.686 bits per heavy atom. The minimum absolute atomic E-state index is 0.0210. The molecule has 180 valence electrons. The minimum Gasteiger partial charge on any atom is -0.458 e. The fourth-order valence-corrected chi connectivity index (χ4v) is 3.22. The molecule has 0 bridgehead atoms. The summed E-state index contributed by atoms with van der Waals surface area (Å²) in [6, 6.07) is 20.3. The van der Waals surface area contributed by atoms with Crippen LogP contribution in [0.1, 0.15) is 37.5 Å². The quantitative estimate of drug-likeness (QED) is 0.320. The number of aromatic nitrogens is 3. The number of ether oxygens (including phenoxy) is 2. The van der Waals surface area contributed by atoms with Gasteiger partial charge in [-0.1, -0.05) is 69.3 Å². The second-order valence-electron chi connectivity index (χ2n) is 8.94. The molecule has 0 spiro atoms. The van der Waals surface area contributed by atoms with Crippen molar-refractivity contribution >= 4 is 11.6 Å². The molecule has 0 fully saturated rings. The summed E-state index contributed by atoms with van der Waals surface area (Å²) < 4.78 is 39.3. The summed E-state index contributed by atoms with van der Waals surface area (Å²) >= 11 is 0. The van der Waals surface area contributed by atoms with Gasteiger partial charge in [-0.05, 0) is 35.2 Å². The number of nitrogens with one attached hydrogen (secondary N) is 1. The maximum absolute atomic E-state index is 14.0. The molecule has 0 unspecified atom stereocenters. The van der Waals surface area contributed by atoms with Gasteiger partial charge in [0.1, 0.15) is 24.8 Å². The van der Waals surface area contributed by atoms with Crippen LogP contribution in [0, 0.1) is 11.6 Å². The van der Waals surface area contributed by atoms with Gasteiger partial charge in [-0.3, -0.25) is 0 Å². The van der Waals surface area contributed by atoms with Crippen LogP contribution in [0.4, 0.5) is 20.4 Å². The van der Waals surface area contributed by atoms with E-state index in [1.54, 1.807) is 36.4 Å². The Labute approximate surface area is 203 Å². The van der Waals surface area contributed by atoms with Crippen LogP contribution in [0.25, 0.3) is 0 Å². The Morgan fingerprint density at radius 3 is 1.63 bits per heavy atom. The topological polar surface area (TPSA) is 69.2 Å². The Bertz CT molecular complexity index is 1220. The van der Waals surface area contributed by atoms with E-state index >= 15 is 0 Å². The average molecular weight is 477 g/mol. The monoisotopic (exact) mass is 476 g/mol. The predicted octanol–water partition coefficient (Wildman–Crippen LogP) is 6.35. The third-order valence-electron chi connectivity index (χ3n) is 5.23. The van der Waals surface area contributed by atoms with E-state index in [2.05, 4.69) is 41.0 Å². The molecular formula is C27H26F2N4O2. The first-order valence-corrected chi connectivity index (χ1v) is 11.1. The Kier molecular flexibility index (Phi) is 7.19. The summed E-state index contributed by atoms with van der Waals surface area (Å²) in [5.41, 5.74) is 2.67.